The minimum Gasteiger partial charge on any atom is -0.387 e. The third-order valence-electron chi connectivity index (χ3n) is 3.42. The number of aliphatic hydroxyl groups is 1. The Bertz CT molecular complexity index is 771. The first-order valence-electron chi connectivity index (χ1n) is 7.20. The van der Waals surface area contributed by atoms with Crippen molar-refractivity contribution in [3.05, 3.63) is 64.7 Å². The van der Waals surface area contributed by atoms with Crippen LogP contribution in [0.3, 0.4) is 0 Å². The van der Waals surface area contributed by atoms with Gasteiger partial charge in [0.25, 0.3) is 0 Å². The summed E-state index contributed by atoms with van der Waals surface area (Å²) < 4.78 is 0. The van der Waals surface area contributed by atoms with E-state index < -0.39 is 6.10 Å². The van der Waals surface area contributed by atoms with Gasteiger partial charge in [0.15, 0.2) is 0 Å². The summed E-state index contributed by atoms with van der Waals surface area (Å²) in [7, 11) is 0. The molecule has 0 aliphatic carbocycles. The molecule has 0 saturated heterocycles. The van der Waals surface area contributed by atoms with Gasteiger partial charge in [-0.1, -0.05) is 64.9 Å². The number of halogens is 1. The summed E-state index contributed by atoms with van der Waals surface area (Å²) in [6, 6.07) is 15.3. The molecule has 23 heavy (non-hydrogen) atoms. The van der Waals surface area contributed by atoms with Crippen LogP contribution in [0.2, 0.25) is 5.02 Å². The highest BCUT2D eigenvalue weighted by Gasteiger charge is 2.10. The molecule has 0 radical (unpaired) electrons. The van der Waals surface area contributed by atoms with Gasteiger partial charge in [-0.15, -0.1) is 10.2 Å². The van der Waals surface area contributed by atoms with Crippen LogP contribution >= 0.6 is 22.9 Å². The summed E-state index contributed by atoms with van der Waals surface area (Å²) in [5.74, 6) is 0. The first-order valence-corrected chi connectivity index (χ1v) is 8.39. The van der Waals surface area contributed by atoms with E-state index in [1.807, 2.05) is 36.4 Å². The first kappa shape index (κ1) is 15.9. The van der Waals surface area contributed by atoms with Crippen LogP contribution in [0.4, 0.5) is 5.13 Å². The van der Waals surface area contributed by atoms with E-state index in [-0.39, 0.29) is 0 Å². The van der Waals surface area contributed by atoms with E-state index in [4.69, 9.17) is 11.6 Å². The van der Waals surface area contributed by atoms with Crippen molar-refractivity contribution < 1.29 is 5.11 Å². The fourth-order valence-electron chi connectivity index (χ4n) is 2.09. The average molecular weight is 346 g/mol. The fourth-order valence-corrected chi connectivity index (χ4v) is 2.98. The zero-order valence-electron chi connectivity index (χ0n) is 12.5. The second kappa shape index (κ2) is 7.08. The lowest BCUT2D eigenvalue weighted by atomic mass is 10.1. The molecule has 6 heteroatoms. The number of anilines is 1. The first-order chi connectivity index (χ1) is 11.1. The van der Waals surface area contributed by atoms with Crippen molar-refractivity contribution in [3.63, 3.8) is 0 Å². The van der Waals surface area contributed by atoms with E-state index in [9.17, 15) is 5.11 Å². The molecule has 3 rings (SSSR count). The minimum absolute atomic E-state index is 0.365. The SMILES string of the molecule is Cc1ccc(-c2nnc(NC[C@@H](O)c3ccc(Cl)cc3)s2)cc1. The molecule has 4 nitrogen and oxygen atoms in total. The van der Waals surface area contributed by atoms with E-state index in [2.05, 4.69) is 22.4 Å². The van der Waals surface area contributed by atoms with Crippen LogP contribution in [0.1, 0.15) is 17.2 Å². The van der Waals surface area contributed by atoms with Crippen LogP contribution in [0.5, 0.6) is 0 Å². The van der Waals surface area contributed by atoms with Crippen LogP contribution < -0.4 is 5.32 Å². The fraction of sp³-hybridized carbons (Fsp3) is 0.176. The molecule has 0 bridgehead atoms. The monoisotopic (exact) mass is 345 g/mol. The molecule has 0 saturated carbocycles. The predicted octanol–water partition coefficient (Wildman–Crippen LogP) is 4.31. The second-order valence-electron chi connectivity index (χ2n) is 5.23. The van der Waals surface area contributed by atoms with Gasteiger partial charge in [0.2, 0.25) is 5.13 Å². The molecule has 0 unspecified atom stereocenters. The molecule has 0 amide bonds. The van der Waals surface area contributed by atoms with Crippen molar-refractivity contribution >= 4 is 28.1 Å². The highest BCUT2D eigenvalue weighted by Crippen LogP contribution is 2.27. The van der Waals surface area contributed by atoms with Gasteiger partial charge in [-0.25, -0.2) is 0 Å². The largest absolute Gasteiger partial charge is 0.387 e. The van der Waals surface area contributed by atoms with Gasteiger partial charge in [0.1, 0.15) is 5.01 Å². The van der Waals surface area contributed by atoms with E-state index >= 15 is 0 Å². The number of hydrogen-bond donors (Lipinski definition) is 2. The maximum Gasteiger partial charge on any atom is 0.206 e. The molecule has 0 aliphatic heterocycles. The van der Waals surface area contributed by atoms with Gasteiger partial charge in [0, 0.05) is 17.1 Å². The number of aliphatic hydroxyl groups excluding tert-OH is 1. The van der Waals surface area contributed by atoms with E-state index in [1.165, 1.54) is 16.9 Å². The molecule has 1 atom stereocenters. The molecule has 1 heterocycles. The predicted molar refractivity (Wildman–Crippen MR) is 95.0 cm³/mol. The standard InChI is InChI=1S/C17H16ClN3OS/c1-11-2-4-13(5-3-11)16-20-21-17(23-16)19-10-15(22)12-6-8-14(18)9-7-12/h2-9,15,22H,10H2,1H3,(H,19,21)/t15-/m1/s1. The van der Waals surface area contributed by atoms with E-state index in [0.29, 0.717) is 16.7 Å². The number of benzene rings is 2. The molecule has 0 aliphatic rings. The normalized spacial score (nSPS) is 12.1. The van der Waals surface area contributed by atoms with Crippen molar-refractivity contribution in [2.24, 2.45) is 0 Å². The molecule has 2 aromatic carbocycles. The van der Waals surface area contributed by atoms with Crippen LogP contribution in [-0.2, 0) is 0 Å². The number of nitrogens with zero attached hydrogens (tertiary/aromatic N) is 2. The van der Waals surface area contributed by atoms with Gasteiger partial charge in [-0.05, 0) is 24.6 Å². The molecule has 0 fully saturated rings. The number of aromatic nitrogens is 2. The Morgan fingerprint density at radius 1 is 1.09 bits per heavy atom. The quantitative estimate of drug-likeness (QED) is 0.723. The van der Waals surface area contributed by atoms with Crippen LogP contribution in [0.15, 0.2) is 48.5 Å². The third-order valence-corrected chi connectivity index (χ3v) is 4.61. The van der Waals surface area contributed by atoms with Crippen LogP contribution in [-0.4, -0.2) is 21.8 Å². The van der Waals surface area contributed by atoms with Gasteiger partial charge in [0.05, 0.1) is 6.10 Å². The maximum absolute atomic E-state index is 10.2. The van der Waals surface area contributed by atoms with Crippen molar-refractivity contribution in [1.82, 2.24) is 10.2 Å². The number of nitrogens with one attached hydrogen (secondary N) is 1. The topological polar surface area (TPSA) is 58.0 Å². The van der Waals surface area contributed by atoms with Gasteiger partial charge >= 0.3 is 0 Å². The van der Waals surface area contributed by atoms with Gasteiger partial charge < -0.3 is 10.4 Å². The molecular formula is C17H16ClN3OS. The zero-order valence-corrected chi connectivity index (χ0v) is 14.1. The van der Waals surface area contributed by atoms with E-state index in [1.54, 1.807) is 12.1 Å². The number of hydrogen-bond acceptors (Lipinski definition) is 5. The molecule has 0 spiro atoms. The summed E-state index contributed by atoms with van der Waals surface area (Å²) in [5.41, 5.74) is 3.06. The Morgan fingerprint density at radius 3 is 2.48 bits per heavy atom. The summed E-state index contributed by atoms with van der Waals surface area (Å²) in [4.78, 5) is 0. The van der Waals surface area contributed by atoms with Crippen LogP contribution in [0, 0.1) is 6.92 Å². The van der Waals surface area contributed by atoms with Crippen LogP contribution in [0.25, 0.3) is 10.6 Å². The van der Waals surface area contributed by atoms with Crippen molar-refractivity contribution in [2.45, 2.75) is 13.0 Å². The summed E-state index contributed by atoms with van der Waals surface area (Å²) in [6.07, 6.45) is -0.626. The highest BCUT2D eigenvalue weighted by molar-refractivity contribution is 7.18. The second-order valence-corrected chi connectivity index (χ2v) is 6.64. The minimum atomic E-state index is -0.626. The van der Waals surface area contributed by atoms with Gasteiger partial charge in [-0.3, -0.25) is 0 Å². The van der Waals surface area contributed by atoms with Crippen molar-refractivity contribution in [3.8, 4) is 10.6 Å². The summed E-state index contributed by atoms with van der Waals surface area (Å²) in [6.45, 7) is 2.42. The molecule has 118 valence electrons. The maximum atomic E-state index is 10.2. The summed E-state index contributed by atoms with van der Waals surface area (Å²) in [5, 5.41) is 23.8. The zero-order chi connectivity index (χ0) is 16.2. The van der Waals surface area contributed by atoms with Crippen molar-refractivity contribution in [2.75, 3.05) is 11.9 Å². The Balaban J connectivity index is 1.63. The molecule has 3 aromatic rings. The van der Waals surface area contributed by atoms with E-state index in [0.717, 1.165) is 16.1 Å². The Morgan fingerprint density at radius 2 is 1.78 bits per heavy atom. The smallest absolute Gasteiger partial charge is 0.206 e. The summed E-state index contributed by atoms with van der Waals surface area (Å²) >= 11 is 7.31. The number of aryl methyl sites for hydroxylation is 1. The highest BCUT2D eigenvalue weighted by atomic mass is 35.5. The molecular weight excluding hydrogens is 330 g/mol. The number of rotatable bonds is 5. The van der Waals surface area contributed by atoms with Gasteiger partial charge in [-0.2, -0.15) is 0 Å². The molecule has 2 N–H and O–H groups in total. The van der Waals surface area contributed by atoms with Crippen molar-refractivity contribution in [1.29, 1.82) is 0 Å². The Hall–Kier alpha value is -1.95. The Labute approximate surface area is 143 Å². The molecule has 1 aromatic heterocycles. The lowest BCUT2D eigenvalue weighted by Crippen LogP contribution is -2.11. The third kappa shape index (κ3) is 4.07. The lowest BCUT2D eigenvalue weighted by Gasteiger charge is -2.11. The Kier molecular flexibility index (Phi) is 4.91. The average Bonchev–Trinajstić information content (AvgIpc) is 3.03. The lowest BCUT2D eigenvalue weighted by molar-refractivity contribution is 0.191.